The van der Waals surface area contributed by atoms with E-state index in [1.807, 2.05) is 0 Å². The SMILES string of the molecule is Cc1csc(C2CNC(=O)C2)c1Br. The van der Waals surface area contributed by atoms with Crippen LogP contribution < -0.4 is 5.32 Å². The van der Waals surface area contributed by atoms with Gasteiger partial charge in [-0.2, -0.15) is 0 Å². The van der Waals surface area contributed by atoms with Crippen molar-refractivity contribution < 1.29 is 4.79 Å². The molecular weight excluding hydrogens is 250 g/mol. The third kappa shape index (κ3) is 1.65. The van der Waals surface area contributed by atoms with Crippen LogP contribution in [0.4, 0.5) is 0 Å². The molecule has 1 atom stereocenters. The number of aryl methyl sites for hydroxylation is 1. The van der Waals surface area contributed by atoms with Crippen LogP contribution in [0, 0.1) is 6.92 Å². The first-order valence-electron chi connectivity index (χ1n) is 4.18. The quantitative estimate of drug-likeness (QED) is 0.825. The lowest BCUT2D eigenvalue weighted by molar-refractivity contribution is -0.119. The van der Waals surface area contributed by atoms with E-state index in [0.29, 0.717) is 12.3 Å². The van der Waals surface area contributed by atoms with Crippen LogP contribution in [-0.4, -0.2) is 12.5 Å². The molecule has 1 fully saturated rings. The highest BCUT2D eigenvalue weighted by Gasteiger charge is 2.26. The van der Waals surface area contributed by atoms with Crippen molar-refractivity contribution in [1.29, 1.82) is 0 Å². The Morgan fingerprint density at radius 3 is 2.92 bits per heavy atom. The second kappa shape index (κ2) is 3.42. The Bertz CT molecular complexity index is 347. The molecule has 1 aromatic rings. The van der Waals surface area contributed by atoms with E-state index in [9.17, 15) is 4.79 Å². The fourth-order valence-corrected chi connectivity index (χ4v) is 3.43. The van der Waals surface area contributed by atoms with Crippen LogP contribution in [-0.2, 0) is 4.79 Å². The smallest absolute Gasteiger partial charge is 0.220 e. The fraction of sp³-hybridized carbons (Fsp3) is 0.444. The Hall–Kier alpha value is -0.350. The first kappa shape index (κ1) is 9.21. The minimum absolute atomic E-state index is 0.169. The van der Waals surface area contributed by atoms with E-state index in [1.165, 1.54) is 14.9 Å². The van der Waals surface area contributed by atoms with E-state index < -0.39 is 0 Å². The van der Waals surface area contributed by atoms with Crippen LogP contribution in [0.5, 0.6) is 0 Å². The van der Waals surface area contributed by atoms with Crippen LogP contribution in [0.2, 0.25) is 0 Å². The first-order chi connectivity index (χ1) is 6.18. The van der Waals surface area contributed by atoms with Crippen LogP contribution in [0.1, 0.15) is 22.8 Å². The predicted molar refractivity (Wildman–Crippen MR) is 57.1 cm³/mol. The van der Waals surface area contributed by atoms with Crippen LogP contribution >= 0.6 is 27.3 Å². The molecule has 0 radical (unpaired) electrons. The van der Waals surface area contributed by atoms with Gasteiger partial charge in [0.1, 0.15) is 0 Å². The molecule has 0 spiro atoms. The van der Waals surface area contributed by atoms with Gasteiger partial charge in [-0.25, -0.2) is 0 Å². The third-order valence-corrected chi connectivity index (χ3v) is 4.85. The molecule has 1 N–H and O–H groups in total. The molecule has 1 aliphatic heterocycles. The predicted octanol–water partition coefficient (Wildman–Crippen LogP) is 2.42. The van der Waals surface area contributed by atoms with Gasteiger partial charge in [0.05, 0.1) is 0 Å². The minimum Gasteiger partial charge on any atom is -0.355 e. The zero-order valence-corrected chi connectivity index (χ0v) is 9.67. The second-order valence-corrected chi connectivity index (χ2v) is 5.01. The van der Waals surface area contributed by atoms with Crippen molar-refractivity contribution >= 4 is 33.2 Å². The van der Waals surface area contributed by atoms with Crippen LogP contribution in [0.15, 0.2) is 9.85 Å². The lowest BCUT2D eigenvalue weighted by atomic mass is 10.1. The molecule has 4 heteroatoms. The average molecular weight is 260 g/mol. The topological polar surface area (TPSA) is 29.1 Å². The Balaban J connectivity index is 2.26. The zero-order chi connectivity index (χ0) is 9.42. The largest absolute Gasteiger partial charge is 0.355 e. The van der Waals surface area contributed by atoms with Crippen molar-refractivity contribution in [3.8, 4) is 0 Å². The molecule has 2 heterocycles. The number of rotatable bonds is 1. The Labute approximate surface area is 89.5 Å². The maximum absolute atomic E-state index is 11.0. The van der Waals surface area contributed by atoms with Gasteiger partial charge in [0.2, 0.25) is 5.91 Å². The van der Waals surface area contributed by atoms with Gasteiger partial charge < -0.3 is 5.32 Å². The molecule has 1 aromatic heterocycles. The van der Waals surface area contributed by atoms with E-state index in [4.69, 9.17) is 0 Å². The lowest BCUT2D eigenvalue weighted by Crippen LogP contribution is -2.13. The van der Waals surface area contributed by atoms with Gasteiger partial charge >= 0.3 is 0 Å². The highest BCUT2D eigenvalue weighted by molar-refractivity contribution is 9.10. The molecule has 0 saturated carbocycles. The molecule has 70 valence electrons. The van der Waals surface area contributed by atoms with Crippen molar-refractivity contribution in [2.45, 2.75) is 19.3 Å². The van der Waals surface area contributed by atoms with E-state index in [0.717, 1.165) is 6.54 Å². The van der Waals surface area contributed by atoms with Gasteiger partial charge in [-0.3, -0.25) is 4.79 Å². The molecule has 1 saturated heterocycles. The van der Waals surface area contributed by atoms with Crippen LogP contribution in [0.25, 0.3) is 0 Å². The number of halogens is 1. The summed E-state index contributed by atoms with van der Waals surface area (Å²) in [5.74, 6) is 0.545. The zero-order valence-electron chi connectivity index (χ0n) is 7.26. The summed E-state index contributed by atoms with van der Waals surface area (Å²) in [4.78, 5) is 12.3. The van der Waals surface area contributed by atoms with Gasteiger partial charge in [-0.15, -0.1) is 11.3 Å². The van der Waals surface area contributed by atoms with Gasteiger partial charge in [-0.05, 0) is 33.8 Å². The van der Waals surface area contributed by atoms with E-state index in [2.05, 4.69) is 33.6 Å². The maximum atomic E-state index is 11.0. The summed E-state index contributed by atoms with van der Waals surface area (Å²) in [6, 6.07) is 0. The van der Waals surface area contributed by atoms with Gasteiger partial charge in [-0.1, -0.05) is 0 Å². The first-order valence-corrected chi connectivity index (χ1v) is 5.86. The molecular formula is C9H10BrNOS. The van der Waals surface area contributed by atoms with Gasteiger partial charge in [0.25, 0.3) is 0 Å². The molecule has 0 bridgehead atoms. The molecule has 2 nitrogen and oxygen atoms in total. The lowest BCUT2D eigenvalue weighted by Gasteiger charge is -2.04. The number of carbonyl (C=O) groups is 1. The Morgan fingerprint density at radius 1 is 1.69 bits per heavy atom. The van der Waals surface area contributed by atoms with Crippen molar-refractivity contribution in [2.24, 2.45) is 0 Å². The average Bonchev–Trinajstić information content (AvgIpc) is 2.62. The summed E-state index contributed by atoms with van der Waals surface area (Å²) in [7, 11) is 0. The number of hydrogen-bond acceptors (Lipinski definition) is 2. The number of hydrogen-bond donors (Lipinski definition) is 1. The number of amides is 1. The highest BCUT2D eigenvalue weighted by Crippen LogP contribution is 2.36. The van der Waals surface area contributed by atoms with Crippen molar-refractivity contribution in [1.82, 2.24) is 5.32 Å². The second-order valence-electron chi connectivity index (χ2n) is 3.30. The Kier molecular flexibility index (Phi) is 2.43. The summed E-state index contributed by atoms with van der Waals surface area (Å²) >= 11 is 5.29. The molecule has 2 rings (SSSR count). The standard InChI is InChI=1S/C9H10BrNOS/c1-5-4-13-9(8(5)10)6-2-7(12)11-3-6/h4,6H,2-3H2,1H3,(H,11,12). The summed E-state index contributed by atoms with van der Waals surface area (Å²) in [6.45, 7) is 2.87. The summed E-state index contributed by atoms with van der Waals surface area (Å²) < 4.78 is 1.18. The number of nitrogens with one attached hydrogen (secondary N) is 1. The molecule has 1 amide bonds. The number of carbonyl (C=O) groups excluding carboxylic acids is 1. The molecule has 13 heavy (non-hydrogen) atoms. The summed E-state index contributed by atoms with van der Waals surface area (Å²) in [6.07, 6.45) is 0.637. The van der Waals surface area contributed by atoms with E-state index in [1.54, 1.807) is 11.3 Å². The molecule has 0 aromatic carbocycles. The normalized spacial score (nSPS) is 22.0. The van der Waals surface area contributed by atoms with Gasteiger partial charge in [0.15, 0.2) is 0 Å². The molecule has 1 aliphatic rings. The Morgan fingerprint density at radius 2 is 2.46 bits per heavy atom. The fourth-order valence-electron chi connectivity index (χ4n) is 1.52. The maximum Gasteiger partial charge on any atom is 0.220 e. The molecule has 0 aliphatic carbocycles. The minimum atomic E-state index is 0.169. The van der Waals surface area contributed by atoms with Gasteiger partial charge in [0, 0.05) is 28.2 Å². The van der Waals surface area contributed by atoms with Crippen LogP contribution in [0.3, 0.4) is 0 Å². The summed E-state index contributed by atoms with van der Waals surface area (Å²) in [5.41, 5.74) is 1.26. The van der Waals surface area contributed by atoms with Crippen molar-refractivity contribution in [3.63, 3.8) is 0 Å². The summed E-state index contributed by atoms with van der Waals surface area (Å²) in [5, 5.41) is 4.98. The number of thiophene rings is 1. The third-order valence-electron chi connectivity index (χ3n) is 2.27. The monoisotopic (exact) mass is 259 g/mol. The van der Waals surface area contributed by atoms with Crippen molar-refractivity contribution in [3.05, 3.63) is 20.3 Å². The van der Waals surface area contributed by atoms with E-state index in [-0.39, 0.29) is 5.91 Å². The highest BCUT2D eigenvalue weighted by atomic mass is 79.9. The molecule has 1 unspecified atom stereocenters. The van der Waals surface area contributed by atoms with Crippen molar-refractivity contribution in [2.75, 3.05) is 6.54 Å². The van der Waals surface area contributed by atoms with E-state index >= 15 is 0 Å².